The molecule has 0 aliphatic heterocycles. The third-order valence-electron chi connectivity index (χ3n) is 5.06. The number of hydrogen-bond donors (Lipinski definition) is 0. The van der Waals surface area contributed by atoms with Crippen LogP contribution in [0.3, 0.4) is 0 Å². The fourth-order valence-electron chi connectivity index (χ4n) is 4.01. The molecule has 0 spiro atoms. The van der Waals surface area contributed by atoms with Crippen molar-refractivity contribution in [3.63, 3.8) is 0 Å². The highest BCUT2D eigenvalue weighted by Gasteiger charge is 2.27. The first-order chi connectivity index (χ1) is 9.31. The monoisotopic (exact) mass is 268 g/mol. The quantitative estimate of drug-likeness (QED) is 0.702. The molecule has 0 heterocycles. The SMILES string of the molecule is CCOC1CCC(CC2CCC(OCC)CC2)CC1. The van der Waals surface area contributed by atoms with E-state index in [1.54, 1.807) is 0 Å². The van der Waals surface area contributed by atoms with Crippen LogP contribution in [0.4, 0.5) is 0 Å². The van der Waals surface area contributed by atoms with Gasteiger partial charge in [0.25, 0.3) is 0 Å². The Balaban J connectivity index is 1.61. The van der Waals surface area contributed by atoms with Crippen molar-refractivity contribution in [2.24, 2.45) is 11.8 Å². The Morgan fingerprint density at radius 1 is 0.632 bits per heavy atom. The van der Waals surface area contributed by atoms with Gasteiger partial charge in [-0.25, -0.2) is 0 Å². The van der Waals surface area contributed by atoms with Gasteiger partial charge < -0.3 is 9.47 Å². The summed E-state index contributed by atoms with van der Waals surface area (Å²) in [5.41, 5.74) is 0. The van der Waals surface area contributed by atoms with Gasteiger partial charge in [0, 0.05) is 13.2 Å². The Bertz CT molecular complexity index is 201. The minimum Gasteiger partial charge on any atom is -0.379 e. The Kier molecular flexibility index (Phi) is 6.66. The number of ether oxygens (including phenoxy) is 2. The van der Waals surface area contributed by atoms with Gasteiger partial charge in [0.2, 0.25) is 0 Å². The van der Waals surface area contributed by atoms with E-state index in [9.17, 15) is 0 Å². The Morgan fingerprint density at radius 3 is 1.32 bits per heavy atom. The van der Waals surface area contributed by atoms with E-state index in [1.807, 2.05) is 0 Å². The van der Waals surface area contributed by atoms with E-state index >= 15 is 0 Å². The first-order valence-electron chi connectivity index (χ1n) is 8.55. The van der Waals surface area contributed by atoms with Gasteiger partial charge in [-0.05, 0) is 83.5 Å². The molecule has 2 heteroatoms. The summed E-state index contributed by atoms with van der Waals surface area (Å²) in [5, 5.41) is 0. The summed E-state index contributed by atoms with van der Waals surface area (Å²) in [6, 6.07) is 0. The van der Waals surface area contributed by atoms with Gasteiger partial charge >= 0.3 is 0 Å². The van der Waals surface area contributed by atoms with E-state index in [0.717, 1.165) is 25.0 Å². The molecular weight excluding hydrogens is 236 g/mol. The van der Waals surface area contributed by atoms with Gasteiger partial charge in [-0.15, -0.1) is 0 Å². The van der Waals surface area contributed by atoms with Crippen LogP contribution in [0.1, 0.15) is 71.6 Å². The van der Waals surface area contributed by atoms with E-state index in [1.165, 1.54) is 57.8 Å². The van der Waals surface area contributed by atoms with Crippen molar-refractivity contribution in [3.8, 4) is 0 Å². The zero-order valence-electron chi connectivity index (χ0n) is 12.9. The minimum atomic E-state index is 0.565. The molecule has 0 saturated heterocycles. The van der Waals surface area contributed by atoms with Crippen LogP contribution in [0.25, 0.3) is 0 Å². The molecule has 2 rings (SSSR count). The summed E-state index contributed by atoms with van der Waals surface area (Å²) in [7, 11) is 0. The van der Waals surface area contributed by atoms with Gasteiger partial charge in [-0.3, -0.25) is 0 Å². The third-order valence-corrected chi connectivity index (χ3v) is 5.06. The lowest BCUT2D eigenvalue weighted by Crippen LogP contribution is -2.26. The predicted molar refractivity (Wildman–Crippen MR) is 79.4 cm³/mol. The summed E-state index contributed by atoms with van der Waals surface area (Å²) < 4.78 is 11.5. The fraction of sp³-hybridized carbons (Fsp3) is 1.00. The van der Waals surface area contributed by atoms with Crippen molar-refractivity contribution in [1.82, 2.24) is 0 Å². The van der Waals surface area contributed by atoms with E-state index in [4.69, 9.17) is 9.47 Å². The van der Waals surface area contributed by atoms with E-state index < -0.39 is 0 Å². The lowest BCUT2D eigenvalue weighted by Gasteiger charge is -2.34. The standard InChI is InChI=1S/C17H32O2/c1-3-18-16-9-5-14(6-10-16)13-15-7-11-17(12-8-15)19-4-2/h14-17H,3-13H2,1-2H3. The van der Waals surface area contributed by atoms with Crippen molar-refractivity contribution in [3.05, 3.63) is 0 Å². The molecule has 0 N–H and O–H groups in total. The van der Waals surface area contributed by atoms with Crippen LogP contribution in [0.2, 0.25) is 0 Å². The molecule has 0 aromatic rings. The van der Waals surface area contributed by atoms with E-state index in [0.29, 0.717) is 12.2 Å². The minimum absolute atomic E-state index is 0.565. The highest BCUT2D eigenvalue weighted by Crippen LogP contribution is 2.36. The molecule has 112 valence electrons. The highest BCUT2D eigenvalue weighted by atomic mass is 16.5. The van der Waals surface area contributed by atoms with Gasteiger partial charge in [0.1, 0.15) is 0 Å². The molecule has 0 amide bonds. The molecule has 0 aromatic carbocycles. The van der Waals surface area contributed by atoms with Crippen LogP contribution in [-0.4, -0.2) is 25.4 Å². The highest BCUT2D eigenvalue weighted by molar-refractivity contribution is 4.79. The number of rotatable bonds is 6. The average molecular weight is 268 g/mol. The molecule has 0 unspecified atom stereocenters. The summed E-state index contributed by atoms with van der Waals surface area (Å²) in [5.74, 6) is 1.95. The van der Waals surface area contributed by atoms with Crippen LogP contribution in [0, 0.1) is 11.8 Å². The maximum absolute atomic E-state index is 5.75. The zero-order valence-corrected chi connectivity index (χ0v) is 12.9. The molecule has 2 saturated carbocycles. The Labute approximate surface area is 119 Å². The smallest absolute Gasteiger partial charge is 0.0575 e. The lowest BCUT2D eigenvalue weighted by molar-refractivity contribution is 0.0112. The van der Waals surface area contributed by atoms with E-state index in [2.05, 4.69) is 13.8 Å². The summed E-state index contributed by atoms with van der Waals surface area (Å²) >= 11 is 0. The van der Waals surface area contributed by atoms with Crippen molar-refractivity contribution in [1.29, 1.82) is 0 Å². The molecule has 2 fully saturated rings. The Hall–Kier alpha value is -0.0800. The van der Waals surface area contributed by atoms with E-state index in [-0.39, 0.29) is 0 Å². The molecule has 0 bridgehead atoms. The third kappa shape index (κ3) is 5.07. The summed E-state index contributed by atoms with van der Waals surface area (Å²) in [6.45, 7) is 6.00. The van der Waals surface area contributed by atoms with Crippen LogP contribution < -0.4 is 0 Å². The van der Waals surface area contributed by atoms with Crippen LogP contribution >= 0.6 is 0 Å². The first kappa shape index (κ1) is 15.3. The molecular formula is C17H32O2. The van der Waals surface area contributed by atoms with Crippen molar-refractivity contribution in [2.75, 3.05) is 13.2 Å². The molecule has 2 aliphatic rings. The van der Waals surface area contributed by atoms with Crippen LogP contribution in [-0.2, 0) is 9.47 Å². The second-order valence-corrected chi connectivity index (χ2v) is 6.43. The Morgan fingerprint density at radius 2 is 1.00 bits per heavy atom. The molecule has 0 radical (unpaired) electrons. The molecule has 2 nitrogen and oxygen atoms in total. The second kappa shape index (κ2) is 8.26. The second-order valence-electron chi connectivity index (χ2n) is 6.43. The average Bonchev–Trinajstić information content (AvgIpc) is 2.44. The van der Waals surface area contributed by atoms with Crippen molar-refractivity contribution >= 4 is 0 Å². The maximum Gasteiger partial charge on any atom is 0.0575 e. The van der Waals surface area contributed by atoms with Gasteiger partial charge in [0.05, 0.1) is 12.2 Å². The molecule has 0 aromatic heterocycles. The summed E-state index contributed by atoms with van der Waals surface area (Å²) in [4.78, 5) is 0. The maximum atomic E-state index is 5.75. The first-order valence-corrected chi connectivity index (χ1v) is 8.55. The van der Waals surface area contributed by atoms with Crippen molar-refractivity contribution < 1.29 is 9.47 Å². The largest absolute Gasteiger partial charge is 0.379 e. The van der Waals surface area contributed by atoms with Crippen molar-refractivity contribution in [2.45, 2.75) is 83.8 Å². The molecule has 0 atom stereocenters. The van der Waals surface area contributed by atoms with Crippen LogP contribution in [0.15, 0.2) is 0 Å². The van der Waals surface area contributed by atoms with Gasteiger partial charge in [0.15, 0.2) is 0 Å². The van der Waals surface area contributed by atoms with Gasteiger partial charge in [-0.2, -0.15) is 0 Å². The lowest BCUT2D eigenvalue weighted by atomic mass is 9.76. The predicted octanol–water partition coefficient (Wildman–Crippen LogP) is 4.57. The molecule has 2 aliphatic carbocycles. The van der Waals surface area contributed by atoms with Gasteiger partial charge in [-0.1, -0.05) is 0 Å². The van der Waals surface area contributed by atoms with Crippen LogP contribution in [0.5, 0.6) is 0 Å². The zero-order chi connectivity index (χ0) is 13.5. The fourth-order valence-corrected chi connectivity index (χ4v) is 4.01. The summed E-state index contributed by atoms with van der Waals surface area (Å²) in [6.07, 6.45) is 13.4. The topological polar surface area (TPSA) is 18.5 Å². The number of hydrogen-bond acceptors (Lipinski definition) is 2. The normalized spacial score (nSPS) is 36.3. The molecule has 19 heavy (non-hydrogen) atoms.